The maximum absolute atomic E-state index is 4.63. The molecule has 0 saturated carbocycles. The summed E-state index contributed by atoms with van der Waals surface area (Å²) >= 11 is 0. The molecule has 0 atom stereocenters. The fourth-order valence-electron chi connectivity index (χ4n) is 3.57. The highest BCUT2D eigenvalue weighted by Gasteiger charge is 2.14. The number of hydrogen-bond donors (Lipinski definition) is 1. The summed E-state index contributed by atoms with van der Waals surface area (Å²) in [5, 5.41) is 18.9. The van der Waals surface area contributed by atoms with Gasteiger partial charge in [0.1, 0.15) is 5.82 Å². The van der Waals surface area contributed by atoms with E-state index in [0.717, 1.165) is 46.0 Å². The molecule has 0 radical (unpaired) electrons. The number of anilines is 2. The lowest BCUT2D eigenvalue weighted by atomic mass is 9.99. The molecule has 8 heteroatoms. The van der Waals surface area contributed by atoms with Crippen LogP contribution in [0.4, 0.5) is 11.5 Å². The van der Waals surface area contributed by atoms with Gasteiger partial charge in [-0.1, -0.05) is 43.3 Å². The van der Waals surface area contributed by atoms with Gasteiger partial charge in [0.15, 0.2) is 5.65 Å². The van der Waals surface area contributed by atoms with Gasteiger partial charge in [-0.15, -0.1) is 10.2 Å². The summed E-state index contributed by atoms with van der Waals surface area (Å²) in [7, 11) is 2.04. The molecule has 30 heavy (non-hydrogen) atoms. The number of aromatic amines is 1. The Bertz CT molecular complexity index is 1290. The highest BCUT2D eigenvalue weighted by Crippen LogP contribution is 2.32. The Labute approximate surface area is 173 Å². The first kappa shape index (κ1) is 18.0. The Balaban J connectivity index is 1.52. The van der Waals surface area contributed by atoms with Gasteiger partial charge in [0.05, 0.1) is 6.20 Å². The van der Waals surface area contributed by atoms with Crippen LogP contribution in [0.25, 0.3) is 28.2 Å². The van der Waals surface area contributed by atoms with Crippen LogP contribution in [0, 0.1) is 0 Å². The molecule has 0 saturated heterocycles. The quantitative estimate of drug-likeness (QED) is 0.485. The number of aromatic nitrogens is 7. The fourth-order valence-corrected chi connectivity index (χ4v) is 3.57. The number of nitrogens with one attached hydrogen (secondary N) is 1. The summed E-state index contributed by atoms with van der Waals surface area (Å²) in [6, 6.07) is 20.5. The summed E-state index contributed by atoms with van der Waals surface area (Å²) in [6.07, 6.45) is 2.64. The number of H-pyrrole nitrogens is 1. The van der Waals surface area contributed by atoms with Gasteiger partial charge >= 0.3 is 0 Å². The van der Waals surface area contributed by atoms with Crippen molar-refractivity contribution >= 4 is 17.2 Å². The molecule has 0 amide bonds. The normalized spacial score (nSPS) is 11.1. The van der Waals surface area contributed by atoms with Crippen molar-refractivity contribution in [3.05, 3.63) is 72.6 Å². The SMILES string of the molecule is CCc1cc(N(C)c2ccc(-c3ccccc3-c3nn[nH]n3)cc2)n2nccc2n1. The zero-order chi connectivity index (χ0) is 20.5. The number of tetrazole rings is 1. The number of rotatable bonds is 5. The molecule has 8 nitrogen and oxygen atoms in total. The van der Waals surface area contributed by atoms with E-state index in [1.807, 2.05) is 35.8 Å². The minimum Gasteiger partial charge on any atom is -0.329 e. The van der Waals surface area contributed by atoms with E-state index in [2.05, 4.69) is 78.9 Å². The number of fused-ring (bicyclic) bond motifs is 1. The molecular weight excluding hydrogens is 376 g/mol. The molecule has 0 unspecified atom stereocenters. The zero-order valence-corrected chi connectivity index (χ0v) is 16.7. The third kappa shape index (κ3) is 3.08. The van der Waals surface area contributed by atoms with Crippen LogP contribution in [-0.2, 0) is 6.42 Å². The molecule has 0 spiro atoms. The van der Waals surface area contributed by atoms with Gasteiger partial charge in [-0.2, -0.15) is 14.8 Å². The van der Waals surface area contributed by atoms with E-state index < -0.39 is 0 Å². The molecule has 0 aliphatic carbocycles. The first-order valence-electron chi connectivity index (χ1n) is 9.75. The lowest BCUT2D eigenvalue weighted by molar-refractivity contribution is 0.881. The molecule has 2 aromatic carbocycles. The topological polar surface area (TPSA) is 87.9 Å². The maximum atomic E-state index is 4.63. The molecule has 148 valence electrons. The fraction of sp³-hybridized carbons (Fsp3) is 0.136. The summed E-state index contributed by atoms with van der Waals surface area (Å²) in [5.74, 6) is 1.55. The van der Waals surface area contributed by atoms with Crippen molar-refractivity contribution in [3.8, 4) is 22.5 Å². The molecule has 0 fully saturated rings. The molecule has 5 aromatic rings. The average molecular weight is 396 g/mol. The van der Waals surface area contributed by atoms with Gasteiger partial charge in [0, 0.05) is 36.1 Å². The first-order valence-corrected chi connectivity index (χ1v) is 9.75. The van der Waals surface area contributed by atoms with Gasteiger partial charge in [-0.05, 0) is 34.9 Å². The molecule has 3 aromatic heterocycles. The van der Waals surface area contributed by atoms with Crippen LogP contribution in [0.2, 0.25) is 0 Å². The Morgan fingerprint density at radius 3 is 2.53 bits per heavy atom. The number of nitrogens with zero attached hydrogens (tertiary/aromatic N) is 7. The Kier molecular flexibility index (Phi) is 4.44. The van der Waals surface area contributed by atoms with Crippen molar-refractivity contribution < 1.29 is 0 Å². The zero-order valence-electron chi connectivity index (χ0n) is 16.7. The van der Waals surface area contributed by atoms with Gasteiger partial charge < -0.3 is 4.90 Å². The standard InChI is InChI=1S/C22H20N8/c1-3-16-14-21(30-20(24-16)12-13-23-30)29(2)17-10-8-15(9-11-17)18-6-4-5-7-19(18)22-25-27-28-26-22/h4-14H,3H2,1-2H3,(H,25,26,27,28). The van der Waals surface area contributed by atoms with E-state index in [0.29, 0.717) is 5.82 Å². The lowest BCUT2D eigenvalue weighted by Crippen LogP contribution is -2.15. The molecular formula is C22H20N8. The van der Waals surface area contributed by atoms with E-state index >= 15 is 0 Å². The van der Waals surface area contributed by atoms with E-state index in [9.17, 15) is 0 Å². The second-order valence-electron chi connectivity index (χ2n) is 6.95. The molecule has 3 heterocycles. The smallest absolute Gasteiger partial charge is 0.205 e. The van der Waals surface area contributed by atoms with Crippen LogP contribution in [-0.4, -0.2) is 42.3 Å². The Hall–Kier alpha value is -4.07. The molecule has 1 N–H and O–H groups in total. The minimum absolute atomic E-state index is 0.580. The van der Waals surface area contributed by atoms with Gasteiger partial charge in [0.25, 0.3) is 0 Å². The van der Waals surface area contributed by atoms with Crippen LogP contribution in [0.1, 0.15) is 12.6 Å². The van der Waals surface area contributed by atoms with Crippen molar-refractivity contribution in [2.75, 3.05) is 11.9 Å². The average Bonchev–Trinajstić information content (AvgIpc) is 3.50. The van der Waals surface area contributed by atoms with Crippen LogP contribution >= 0.6 is 0 Å². The third-order valence-electron chi connectivity index (χ3n) is 5.18. The molecule has 0 bridgehead atoms. The van der Waals surface area contributed by atoms with E-state index in [1.165, 1.54) is 0 Å². The molecule has 5 rings (SSSR count). The van der Waals surface area contributed by atoms with Crippen LogP contribution in [0.15, 0.2) is 66.9 Å². The van der Waals surface area contributed by atoms with Gasteiger partial charge in [0.2, 0.25) is 5.82 Å². The predicted molar refractivity (Wildman–Crippen MR) is 115 cm³/mol. The maximum Gasteiger partial charge on any atom is 0.205 e. The lowest BCUT2D eigenvalue weighted by Gasteiger charge is -2.21. The summed E-state index contributed by atoms with van der Waals surface area (Å²) < 4.78 is 1.86. The second kappa shape index (κ2) is 7.40. The van der Waals surface area contributed by atoms with Crippen molar-refractivity contribution in [1.82, 2.24) is 35.2 Å². The van der Waals surface area contributed by atoms with Crippen molar-refractivity contribution in [2.24, 2.45) is 0 Å². The number of hydrogen-bond acceptors (Lipinski definition) is 6. The van der Waals surface area contributed by atoms with Crippen LogP contribution in [0.3, 0.4) is 0 Å². The Morgan fingerprint density at radius 2 is 1.80 bits per heavy atom. The summed E-state index contributed by atoms with van der Waals surface area (Å²) in [4.78, 5) is 6.75. The molecule has 0 aliphatic heterocycles. The van der Waals surface area contributed by atoms with Crippen molar-refractivity contribution in [3.63, 3.8) is 0 Å². The largest absolute Gasteiger partial charge is 0.329 e. The second-order valence-corrected chi connectivity index (χ2v) is 6.95. The highest BCUT2D eigenvalue weighted by molar-refractivity contribution is 5.81. The summed E-state index contributed by atoms with van der Waals surface area (Å²) in [6.45, 7) is 2.11. The Morgan fingerprint density at radius 1 is 1.00 bits per heavy atom. The van der Waals surface area contributed by atoms with E-state index in [4.69, 9.17) is 0 Å². The predicted octanol–water partition coefficient (Wildman–Crippen LogP) is 3.91. The monoisotopic (exact) mass is 396 g/mol. The van der Waals surface area contributed by atoms with Gasteiger partial charge in [-0.3, -0.25) is 0 Å². The minimum atomic E-state index is 0.580. The number of aryl methyl sites for hydroxylation is 1. The summed E-state index contributed by atoms with van der Waals surface area (Å²) in [5.41, 5.74) is 6.02. The highest BCUT2D eigenvalue weighted by atomic mass is 15.5. The van der Waals surface area contributed by atoms with E-state index in [-0.39, 0.29) is 0 Å². The van der Waals surface area contributed by atoms with Crippen LogP contribution in [0.5, 0.6) is 0 Å². The number of benzene rings is 2. The van der Waals surface area contributed by atoms with Crippen molar-refractivity contribution in [1.29, 1.82) is 0 Å². The first-order chi connectivity index (χ1) is 14.7. The van der Waals surface area contributed by atoms with Crippen LogP contribution < -0.4 is 4.90 Å². The molecule has 0 aliphatic rings. The van der Waals surface area contributed by atoms with Gasteiger partial charge in [-0.25, -0.2) is 4.98 Å². The van der Waals surface area contributed by atoms with E-state index in [1.54, 1.807) is 6.20 Å². The van der Waals surface area contributed by atoms with Crippen molar-refractivity contribution in [2.45, 2.75) is 13.3 Å². The third-order valence-corrected chi connectivity index (χ3v) is 5.18.